The molecule has 2 heterocycles. The van der Waals surface area contributed by atoms with Crippen molar-refractivity contribution in [2.24, 2.45) is 0 Å². The topological polar surface area (TPSA) is 63.9 Å². The molecule has 150 valence electrons. The molecule has 1 aliphatic heterocycles. The van der Waals surface area contributed by atoms with Gasteiger partial charge in [0, 0.05) is 5.56 Å². The van der Waals surface area contributed by atoms with Crippen molar-refractivity contribution in [3.8, 4) is 5.69 Å². The predicted octanol–water partition coefficient (Wildman–Crippen LogP) is 3.94. The summed E-state index contributed by atoms with van der Waals surface area (Å²) in [4.78, 5) is 13.4. The summed E-state index contributed by atoms with van der Waals surface area (Å²) in [5, 5.41) is 10.2. The number of halogens is 6. The number of carbonyl (C=O) groups is 1. The van der Waals surface area contributed by atoms with Crippen LogP contribution in [0, 0.1) is 0 Å². The Morgan fingerprint density at radius 2 is 1.52 bits per heavy atom. The molecule has 1 aliphatic rings. The predicted molar refractivity (Wildman–Crippen MR) is 86.2 cm³/mol. The number of aromatic nitrogens is 4. The number of benzene rings is 2. The third-order valence-corrected chi connectivity index (χ3v) is 4.35. The Labute approximate surface area is 158 Å². The quantitative estimate of drug-likeness (QED) is 0.567. The normalized spacial score (nSPS) is 16.3. The molecule has 3 aromatic rings. The number of carbonyl (C=O) groups excluding carboxylic acids is 1. The Morgan fingerprint density at radius 1 is 0.897 bits per heavy atom. The zero-order chi connectivity index (χ0) is 21.0. The van der Waals surface area contributed by atoms with Gasteiger partial charge in [0.15, 0.2) is 11.9 Å². The number of anilines is 1. The lowest BCUT2D eigenvalue weighted by Crippen LogP contribution is -2.46. The molecular formula is C17H9F6N5O. The van der Waals surface area contributed by atoms with Gasteiger partial charge in [-0.15, -0.1) is 5.10 Å². The van der Waals surface area contributed by atoms with Crippen molar-refractivity contribution >= 4 is 11.6 Å². The Balaban J connectivity index is 1.85. The lowest BCUT2D eigenvalue weighted by Gasteiger charge is -2.36. The average Bonchev–Trinajstić information content (AvgIpc) is 3.14. The molecule has 0 N–H and O–H groups in total. The van der Waals surface area contributed by atoms with Crippen molar-refractivity contribution in [3.63, 3.8) is 0 Å². The van der Waals surface area contributed by atoms with Crippen LogP contribution >= 0.6 is 0 Å². The summed E-state index contributed by atoms with van der Waals surface area (Å²) in [6.45, 7) is 0. The van der Waals surface area contributed by atoms with E-state index >= 15 is 0 Å². The van der Waals surface area contributed by atoms with Crippen molar-refractivity contribution < 1.29 is 31.1 Å². The fourth-order valence-electron chi connectivity index (χ4n) is 3.10. The largest absolute Gasteiger partial charge is 0.416 e. The number of para-hydroxylation sites is 2. The standard InChI is InChI=1S/C17H9F6N5O/c18-16(19,20)10-7-5-9(6-8-10)15(29)27-11-3-1-2-4-12(11)28-14(24-25-26-28)13(27)17(21,22)23/h1-8,13H. The van der Waals surface area contributed by atoms with Gasteiger partial charge in [-0.25, -0.2) is 0 Å². The molecule has 0 saturated heterocycles. The van der Waals surface area contributed by atoms with Crippen LogP contribution in [-0.4, -0.2) is 32.3 Å². The molecule has 6 nitrogen and oxygen atoms in total. The Morgan fingerprint density at radius 3 is 2.10 bits per heavy atom. The van der Waals surface area contributed by atoms with Crippen LogP contribution in [0.5, 0.6) is 0 Å². The van der Waals surface area contributed by atoms with E-state index in [9.17, 15) is 31.1 Å². The minimum Gasteiger partial charge on any atom is -0.286 e. The van der Waals surface area contributed by atoms with Gasteiger partial charge in [0.2, 0.25) is 0 Å². The van der Waals surface area contributed by atoms with E-state index in [-0.39, 0.29) is 16.9 Å². The van der Waals surface area contributed by atoms with E-state index in [0.29, 0.717) is 17.0 Å². The highest BCUT2D eigenvalue weighted by molar-refractivity contribution is 6.08. The van der Waals surface area contributed by atoms with E-state index in [1.165, 1.54) is 24.3 Å². The second-order valence-corrected chi connectivity index (χ2v) is 6.13. The zero-order valence-corrected chi connectivity index (χ0v) is 14.1. The van der Waals surface area contributed by atoms with Crippen molar-refractivity contribution in [3.05, 3.63) is 65.5 Å². The number of rotatable bonds is 1. The number of nitrogens with zero attached hydrogens (tertiary/aromatic N) is 5. The molecule has 2 aromatic carbocycles. The summed E-state index contributed by atoms with van der Waals surface area (Å²) in [6, 6.07) is 6.08. The minimum absolute atomic E-state index is 0.125. The first kappa shape index (κ1) is 18.9. The Hall–Kier alpha value is -3.44. The van der Waals surface area contributed by atoms with Gasteiger partial charge in [-0.05, 0) is 46.8 Å². The molecule has 29 heavy (non-hydrogen) atoms. The number of hydrogen-bond donors (Lipinski definition) is 0. The van der Waals surface area contributed by atoms with E-state index in [4.69, 9.17) is 0 Å². The first-order valence-corrected chi connectivity index (χ1v) is 8.04. The van der Waals surface area contributed by atoms with Crippen LogP contribution in [0.1, 0.15) is 27.8 Å². The molecule has 0 fully saturated rings. The lowest BCUT2D eigenvalue weighted by molar-refractivity contribution is -0.151. The van der Waals surface area contributed by atoms with Gasteiger partial charge >= 0.3 is 12.4 Å². The van der Waals surface area contributed by atoms with Crippen molar-refractivity contribution in [2.75, 3.05) is 4.90 Å². The van der Waals surface area contributed by atoms with E-state index in [0.717, 1.165) is 16.8 Å². The van der Waals surface area contributed by atoms with Crippen molar-refractivity contribution in [2.45, 2.75) is 18.4 Å². The molecular weight excluding hydrogens is 404 g/mol. The molecule has 0 bridgehead atoms. The maximum atomic E-state index is 13.9. The van der Waals surface area contributed by atoms with Crippen LogP contribution in [0.25, 0.3) is 5.69 Å². The SMILES string of the molecule is O=C(c1ccc(C(F)(F)F)cc1)N1c2ccccc2-n2nnnc2C1C(F)(F)F. The van der Waals surface area contributed by atoms with Crippen molar-refractivity contribution in [1.82, 2.24) is 20.2 Å². The maximum Gasteiger partial charge on any atom is 0.416 e. The summed E-state index contributed by atoms with van der Waals surface area (Å²) in [5.74, 6) is -1.76. The van der Waals surface area contributed by atoms with E-state index in [1.807, 2.05) is 0 Å². The lowest BCUT2D eigenvalue weighted by atomic mass is 10.0. The number of alkyl halides is 6. The second-order valence-electron chi connectivity index (χ2n) is 6.13. The van der Waals surface area contributed by atoms with Gasteiger partial charge in [-0.3, -0.25) is 9.69 Å². The summed E-state index contributed by atoms with van der Waals surface area (Å²) >= 11 is 0. The van der Waals surface area contributed by atoms with E-state index in [2.05, 4.69) is 15.5 Å². The maximum absolute atomic E-state index is 13.9. The molecule has 1 unspecified atom stereocenters. The van der Waals surface area contributed by atoms with Gasteiger partial charge in [-0.2, -0.15) is 31.0 Å². The number of tetrazole rings is 1. The van der Waals surface area contributed by atoms with Gasteiger partial charge in [0.1, 0.15) is 0 Å². The van der Waals surface area contributed by atoms with Crippen molar-refractivity contribution in [1.29, 1.82) is 0 Å². The van der Waals surface area contributed by atoms with Gasteiger partial charge in [-0.1, -0.05) is 12.1 Å². The summed E-state index contributed by atoms with van der Waals surface area (Å²) in [7, 11) is 0. The third-order valence-electron chi connectivity index (χ3n) is 4.35. The fourth-order valence-corrected chi connectivity index (χ4v) is 3.10. The Bertz CT molecular complexity index is 1070. The Kier molecular flexibility index (Phi) is 4.10. The molecule has 0 aliphatic carbocycles. The first-order chi connectivity index (χ1) is 13.6. The zero-order valence-electron chi connectivity index (χ0n) is 14.1. The average molecular weight is 413 g/mol. The van der Waals surface area contributed by atoms with Crippen LogP contribution in [0.3, 0.4) is 0 Å². The highest BCUT2D eigenvalue weighted by atomic mass is 19.4. The summed E-state index contributed by atoms with van der Waals surface area (Å²) < 4.78 is 80.8. The molecule has 1 atom stereocenters. The van der Waals surface area contributed by atoms with Crippen LogP contribution in [-0.2, 0) is 6.18 Å². The van der Waals surface area contributed by atoms with Crippen LogP contribution in [0.4, 0.5) is 32.0 Å². The number of fused-ring (bicyclic) bond motifs is 3. The van der Waals surface area contributed by atoms with Crippen LogP contribution in [0.15, 0.2) is 48.5 Å². The van der Waals surface area contributed by atoms with E-state index in [1.54, 1.807) is 0 Å². The van der Waals surface area contributed by atoms with E-state index < -0.39 is 35.7 Å². The number of amides is 1. The van der Waals surface area contributed by atoms with Gasteiger partial charge < -0.3 is 0 Å². The number of hydrogen-bond acceptors (Lipinski definition) is 4. The molecule has 0 saturated carbocycles. The first-order valence-electron chi connectivity index (χ1n) is 8.04. The smallest absolute Gasteiger partial charge is 0.286 e. The summed E-state index contributed by atoms with van der Waals surface area (Å²) in [5.41, 5.74) is -1.36. The van der Waals surface area contributed by atoms with Crippen LogP contribution < -0.4 is 4.90 Å². The molecule has 1 amide bonds. The molecule has 12 heteroatoms. The highest BCUT2D eigenvalue weighted by Crippen LogP contribution is 2.45. The second kappa shape index (κ2) is 6.29. The minimum atomic E-state index is -4.94. The molecule has 0 spiro atoms. The molecule has 4 rings (SSSR count). The fraction of sp³-hybridized carbons (Fsp3) is 0.176. The monoisotopic (exact) mass is 413 g/mol. The van der Waals surface area contributed by atoms with Gasteiger partial charge in [0.25, 0.3) is 5.91 Å². The third kappa shape index (κ3) is 3.09. The van der Waals surface area contributed by atoms with Gasteiger partial charge in [0.05, 0.1) is 16.9 Å². The molecule has 1 aromatic heterocycles. The highest BCUT2D eigenvalue weighted by Gasteiger charge is 2.53. The van der Waals surface area contributed by atoms with Crippen LogP contribution in [0.2, 0.25) is 0 Å². The summed E-state index contributed by atoms with van der Waals surface area (Å²) in [6.07, 6.45) is -9.59. The molecule has 0 radical (unpaired) electrons.